The highest BCUT2D eigenvalue weighted by Gasteiger charge is 2.26. The molecule has 0 aliphatic carbocycles. The molecule has 4 heterocycles. The standard InChI is InChI=1S/C26H27N5O3/c1-18-24(23(32)17-29-10-4-3-5-11-29)25-22(31(18)21-8-6-20(27-2)7-9-21)14-19(15-28-25)16-30-12-13-34-26(30)33/h6-9,14-15H,3-5,10-13,16-17H2,1H3. The lowest BCUT2D eigenvalue weighted by Gasteiger charge is -2.25. The molecule has 3 aromatic rings. The molecule has 2 saturated heterocycles. The summed E-state index contributed by atoms with van der Waals surface area (Å²) >= 11 is 0. The van der Waals surface area contributed by atoms with Gasteiger partial charge in [-0.25, -0.2) is 9.64 Å². The van der Waals surface area contributed by atoms with Crippen LogP contribution in [0.2, 0.25) is 0 Å². The first-order chi connectivity index (χ1) is 16.5. The van der Waals surface area contributed by atoms with Crippen LogP contribution in [0.25, 0.3) is 21.6 Å². The largest absolute Gasteiger partial charge is 0.448 e. The first kappa shape index (κ1) is 22.1. The van der Waals surface area contributed by atoms with Crippen molar-refractivity contribution in [3.05, 3.63) is 64.8 Å². The smallest absolute Gasteiger partial charge is 0.410 e. The third-order valence-electron chi connectivity index (χ3n) is 6.65. The number of pyridine rings is 1. The van der Waals surface area contributed by atoms with Crippen molar-refractivity contribution in [1.82, 2.24) is 19.4 Å². The molecule has 34 heavy (non-hydrogen) atoms. The molecular formula is C26H27N5O3. The third-order valence-corrected chi connectivity index (χ3v) is 6.65. The van der Waals surface area contributed by atoms with Crippen LogP contribution in [0.4, 0.5) is 10.5 Å². The zero-order valence-corrected chi connectivity index (χ0v) is 19.3. The number of benzene rings is 1. The summed E-state index contributed by atoms with van der Waals surface area (Å²) in [6.45, 7) is 12.8. The van der Waals surface area contributed by atoms with Crippen LogP contribution in [-0.2, 0) is 11.3 Å². The van der Waals surface area contributed by atoms with Crippen LogP contribution < -0.4 is 0 Å². The molecule has 8 nitrogen and oxygen atoms in total. The van der Waals surface area contributed by atoms with Crippen molar-refractivity contribution in [2.24, 2.45) is 0 Å². The van der Waals surface area contributed by atoms with Gasteiger partial charge in [-0.05, 0) is 56.6 Å². The summed E-state index contributed by atoms with van der Waals surface area (Å²) in [6, 6.07) is 9.34. The van der Waals surface area contributed by atoms with Gasteiger partial charge >= 0.3 is 6.09 Å². The fourth-order valence-electron chi connectivity index (χ4n) is 4.94. The Balaban J connectivity index is 1.58. The Morgan fingerprint density at radius 2 is 1.91 bits per heavy atom. The molecule has 2 fully saturated rings. The highest BCUT2D eigenvalue weighted by atomic mass is 16.6. The Labute approximate surface area is 198 Å². The lowest BCUT2D eigenvalue weighted by atomic mass is 10.1. The molecule has 0 spiro atoms. The van der Waals surface area contributed by atoms with Gasteiger partial charge in [-0.1, -0.05) is 18.6 Å². The van der Waals surface area contributed by atoms with E-state index in [2.05, 4.69) is 9.74 Å². The fraction of sp³-hybridized carbons (Fsp3) is 0.385. The molecule has 0 atom stereocenters. The number of hydrogen-bond donors (Lipinski definition) is 0. The minimum atomic E-state index is -0.321. The zero-order valence-electron chi connectivity index (χ0n) is 19.3. The second-order valence-corrected chi connectivity index (χ2v) is 8.93. The maximum absolute atomic E-state index is 13.5. The lowest BCUT2D eigenvalue weighted by Crippen LogP contribution is -2.34. The number of likely N-dealkylation sites (tertiary alicyclic amines) is 1. The van der Waals surface area contributed by atoms with Gasteiger partial charge in [0, 0.05) is 17.6 Å². The number of aromatic nitrogens is 2. The Hall–Kier alpha value is -3.70. The average Bonchev–Trinajstić information content (AvgIpc) is 3.39. The summed E-state index contributed by atoms with van der Waals surface area (Å²) in [5.74, 6) is 0.0734. The van der Waals surface area contributed by atoms with E-state index in [1.54, 1.807) is 23.2 Å². The number of nitrogens with zero attached hydrogens (tertiary/aromatic N) is 5. The van der Waals surface area contributed by atoms with Crippen LogP contribution in [0.15, 0.2) is 36.5 Å². The molecule has 1 amide bonds. The topological polar surface area (TPSA) is 72.0 Å². The number of fused-ring (bicyclic) bond motifs is 1. The molecule has 0 saturated carbocycles. The van der Waals surface area contributed by atoms with Crippen LogP contribution in [0, 0.1) is 13.5 Å². The van der Waals surface area contributed by atoms with E-state index in [0.717, 1.165) is 48.4 Å². The van der Waals surface area contributed by atoms with Crippen molar-refractivity contribution >= 4 is 28.6 Å². The first-order valence-corrected chi connectivity index (χ1v) is 11.7. The molecule has 2 aliphatic rings. The molecule has 1 aromatic carbocycles. The van der Waals surface area contributed by atoms with Crippen molar-refractivity contribution < 1.29 is 14.3 Å². The summed E-state index contributed by atoms with van der Waals surface area (Å²) in [5, 5.41) is 0. The average molecular weight is 458 g/mol. The van der Waals surface area contributed by atoms with Crippen molar-refractivity contribution in [3.63, 3.8) is 0 Å². The summed E-state index contributed by atoms with van der Waals surface area (Å²) in [6.07, 6.45) is 4.90. The van der Waals surface area contributed by atoms with Gasteiger partial charge in [0.15, 0.2) is 11.5 Å². The maximum Gasteiger partial charge on any atom is 0.410 e. The molecule has 8 heteroatoms. The number of cyclic esters (lactones) is 1. The summed E-state index contributed by atoms with van der Waals surface area (Å²) in [5.41, 5.74) is 5.26. The van der Waals surface area contributed by atoms with E-state index in [0.29, 0.717) is 43.0 Å². The van der Waals surface area contributed by atoms with E-state index in [1.807, 2.05) is 29.7 Å². The molecule has 0 N–H and O–H groups in total. The molecule has 0 bridgehead atoms. The summed E-state index contributed by atoms with van der Waals surface area (Å²) < 4.78 is 7.09. The summed E-state index contributed by atoms with van der Waals surface area (Å²) in [7, 11) is 0. The van der Waals surface area contributed by atoms with Crippen LogP contribution in [0.5, 0.6) is 0 Å². The van der Waals surface area contributed by atoms with Crippen molar-refractivity contribution in [2.75, 3.05) is 32.8 Å². The van der Waals surface area contributed by atoms with Gasteiger partial charge in [-0.15, -0.1) is 0 Å². The van der Waals surface area contributed by atoms with Gasteiger partial charge in [0.2, 0.25) is 0 Å². The predicted octanol–water partition coefficient (Wildman–Crippen LogP) is 4.51. The van der Waals surface area contributed by atoms with Crippen LogP contribution in [-0.4, -0.2) is 64.0 Å². The molecule has 2 aliphatic heterocycles. The summed E-state index contributed by atoms with van der Waals surface area (Å²) in [4.78, 5) is 37.5. The van der Waals surface area contributed by atoms with E-state index in [1.165, 1.54) is 6.42 Å². The number of carbonyl (C=O) groups is 2. The number of ketones is 1. The zero-order chi connectivity index (χ0) is 23.7. The van der Waals surface area contributed by atoms with Gasteiger partial charge in [0.1, 0.15) is 6.61 Å². The number of Topliss-reactive ketones (excluding diaryl/α,β-unsaturated/α-hetero) is 1. The van der Waals surface area contributed by atoms with Crippen LogP contribution in [0.3, 0.4) is 0 Å². The number of piperidine rings is 1. The van der Waals surface area contributed by atoms with Crippen molar-refractivity contribution in [1.29, 1.82) is 0 Å². The number of carbonyl (C=O) groups excluding carboxylic acids is 2. The van der Waals surface area contributed by atoms with E-state index in [9.17, 15) is 9.59 Å². The first-order valence-electron chi connectivity index (χ1n) is 11.7. The Morgan fingerprint density at radius 3 is 2.59 bits per heavy atom. The number of ether oxygens (including phenoxy) is 1. The minimum absolute atomic E-state index is 0.0734. The maximum atomic E-state index is 13.5. The van der Waals surface area contributed by atoms with E-state index < -0.39 is 0 Å². The SMILES string of the molecule is [C-]#[N+]c1ccc(-n2c(C)c(C(=O)CN3CCCCC3)c3ncc(CN4CCOC4=O)cc32)cc1. The van der Waals surface area contributed by atoms with Gasteiger partial charge in [0.05, 0.1) is 42.8 Å². The number of amides is 1. The Morgan fingerprint density at radius 1 is 1.15 bits per heavy atom. The van der Waals surface area contributed by atoms with Gasteiger partial charge in [-0.2, -0.15) is 0 Å². The molecule has 0 radical (unpaired) electrons. The Bertz CT molecular complexity index is 1280. The highest BCUT2D eigenvalue weighted by Crippen LogP contribution is 2.30. The number of rotatable bonds is 6. The van der Waals surface area contributed by atoms with Gasteiger partial charge < -0.3 is 14.2 Å². The van der Waals surface area contributed by atoms with E-state index >= 15 is 0 Å². The number of hydrogen-bond acceptors (Lipinski definition) is 5. The van der Waals surface area contributed by atoms with E-state index in [4.69, 9.17) is 16.3 Å². The monoisotopic (exact) mass is 457 g/mol. The molecule has 0 unspecified atom stereocenters. The van der Waals surface area contributed by atoms with Crippen molar-refractivity contribution in [3.8, 4) is 5.69 Å². The normalized spacial score (nSPS) is 16.6. The second-order valence-electron chi connectivity index (χ2n) is 8.93. The van der Waals surface area contributed by atoms with Gasteiger partial charge in [-0.3, -0.25) is 14.7 Å². The Kier molecular flexibility index (Phi) is 6.03. The van der Waals surface area contributed by atoms with Crippen LogP contribution in [0.1, 0.15) is 40.9 Å². The molecular weight excluding hydrogens is 430 g/mol. The predicted molar refractivity (Wildman–Crippen MR) is 128 cm³/mol. The molecule has 2 aromatic heterocycles. The quantitative estimate of drug-likeness (QED) is 0.402. The molecule has 5 rings (SSSR count). The minimum Gasteiger partial charge on any atom is -0.448 e. The van der Waals surface area contributed by atoms with Crippen molar-refractivity contribution in [2.45, 2.75) is 32.7 Å². The van der Waals surface area contributed by atoms with Gasteiger partial charge in [0.25, 0.3) is 0 Å². The molecule has 174 valence electrons. The highest BCUT2D eigenvalue weighted by molar-refractivity contribution is 6.09. The van der Waals surface area contributed by atoms with E-state index in [-0.39, 0.29) is 11.9 Å². The fourth-order valence-corrected chi connectivity index (χ4v) is 4.94. The second kappa shape index (κ2) is 9.27. The lowest BCUT2D eigenvalue weighted by molar-refractivity contribution is 0.0916. The third kappa shape index (κ3) is 4.15. The van der Waals surface area contributed by atoms with Crippen LogP contribution >= 0.6 is 0 Å².